The molecule has 1 aromatic heterocycles. The number of rotatable bonds is 3. The molecule has 0 bridgehead atoms. The van der Waals surface area contributed by atoms with E-state index in [0.29, 0.717) is 12.0 Å². The summed E-state index contributed by atoms with van der Waals surface area (Å²) in [5, 5.41) is 16.2. The molecule has 2 N–H and O–H groups in total. The van der Waals surface area contributed by atoms with Crippen LogP contribution in [0.25, 0.3) is 11.3 Å². The summed E-state index contributed by atoms with van der Waals surface area (Å²) in [5.74, 6) is -1.26. The van der Waals surface area contributed by atoms with E-state index in [9.17, 15) is 14.3 Å². The monoisotopic (exact) mass is 372 g/mol. The van der Waals surface area contributed by atoms with Gasteiger partial charge in [0.15, 0.2) is 0 Å². The van der Waals surface area contributed by atoms with Crippen LogP contribution in [0.2, 0.25) is 10.0 Å². The molecule has 24 heavy (non-hydrogen) atoms. The molecule has 2 atom stereocenters. The van der Waals surface area contributed by atoms with Crippen molar-refractivity contribution in [2.45, 2.75) is 37.8 Å². The highest BCUT2D eigenvalue weighted by molar-refractivity contribution is 6.35. The molecule has 1 fully saturated rings. The molecule has 1 aliphatic rings. The van der Waals surface area contributed by atoms with Crippen molar-refractivity contribution in [3.8, 4) is 11.3 Å². The lowest BCUT2D eigenvalue weighted by atomic mass is 9.93. The highest BCUT2D eigenvalue weighted by Gasteiger charge is 2.27. The van der Waals surface area contributed by atoms with Gasteiger partial charge in [-0.3, -0.25) is 4.79 Å². The maximum Gasteiger partial charge on any atom is 0.291 e. The average Bonchev–Trinajstić information content (AvgIpc) is 2.92. The predicted octanol–water partition coefficient (Wildman–Crippen LogP) is 3.82. The van der Waals surface area contributed by atoms with Crippen LogP contribution in [0.3, 0.4) is 0 Å². The van der Waals surface area contributed by atoms with Gasteiger partial charge in [0.25, 0.3) is 5.91 Å². The number of hydrogen-bond donors (Lipinski definition) is 2. The summed E-state index contributed by atoms with van der Waals surface area (Å²) in [6.45, 7) is 0. The molecule has 1 heterocycles. The topological polar surface area (TPSA) is 75.4 Å². The van der Waals surface area contributed by atoms with Crippen LogP contribution in [0.1, 0.15) is 36.2 Å². The van der Waals surface area contributed by atoms with Gasteiger partial charge in [0, 0.05) is 11.6 Å². The smallest absolute Gasteiger partial charge is 0.291 e. The molecule has 2 aromatic rings. The summed E-state index contributed by atoms with van der Waals surface area (Å²) in [7, 11) is 0. The van der Waals surface area contributed by atoms with Gasteiger partial charge in [0.1, 0.15) is 16.5 Å². The molecule has 8 heteroatoms. The molecule has 1 aromatic carbocycles. The number of carbonyl (C=O) groups excluding carboxylic acids is 1. The lowest BCUT2D eigenvalue weighted by Crippen LogP contribution is -2.39. The Bertz CT molecular complexity index is 766. The fourth-order valence-electron chi connectivity index (χ4n) is 2.79. The molecular formula is C16H15Cl2FN2O3. The Kier molecular flexibility index (Phi) is 5.08. The number of benzene rings is 1. The number of aromatic nitrogens is 1. The fourth-order valence-corrected chi connectivity index (χ4v) is 3.17. The minimum atomic E-state index is -0.615. The summed E-state index contributed by atoms with van der Waals surface area (Å²) >= 11 is 11.8. The molecule has 0 spiro atoms. The van der Waals surface area contributed by atoms with Crippen LogP contribution in [-0.4, -0.2) is 28.3 Å². The second kappa shape index (κ2) is 7.09. The molecule has 0 saturated heterocycles. The number of aliphatic hydroxyl groups is 1. The number of nitrogens with one attached hydrogen (secondary N) is 1. The van der Waals surface area contributed by atoms with E-state index in [1.165, 1.54) is 18.2 Å². The molecule has 128 valence electrons. The van der Waals surface area contributed by atoms with Crippen LogP contribution < -0.4 is 5.32 Å². The van der Waals surface area contributed by atoms with Crippen molar-refractivity contribution >= 4 is 29.1 Å². The zero-order valence-electron chi connectivity index (χ0n) is 12.6. The Morgan fingerprint density at radius 1 is 1.38 bits per heavy atom. The number of amides is 1. The largest absolute Gasteiger partial charge is 0.393 e. The number of nitrogens with zero attached hydrogens (tertiary/aromatic N) is 1. The number of carbonyl (C=O) groups is 1. The van der Waals surface area contributed by atoms with Gasteiger partial charge in [-0.15, -0.1) is 0 Å². The third-order valence-corrected chi connectivity index (χ3v) is 4.67. The summed E-state index contributed by atoms with van der Waals surface area (Å²) in [5.41, 5.74) is 0.527. The molecule has 0 radical (unpaired) electrons. The van der Waals surface area contributed by atoms with Crippen molar-refractivity contribution < 1.29 is 18.8 Å². The van der Waals surface area contributed by atoms with E-state index < -0.39 is 17.8 Å². The highest BCUT2D eigenvalue weighted by atomic mass is 35.5. The summed E-state index contributed by atoms with van der Waals surface area (Å²) < 4.78 is 18.6. The molecule has 1 aliphatic carbocycles. The molecule has 5 nitrogen and oxygen atoms in total. The van der Waals surface area contributed by atoms with Crippen LogP contribution >= 0.6 is 23.2 Å². The maximum atomic E-state index is 13.6. The Labute approximate surface area is 147 Å². The second-order valence-electron chi connectivity index (χ2n) is 5.79. The minimum absolute atomic E-state index is 0.00517. The second-order valence-corrected chi connectivity index (χ2v) is 6.58. The number of hydrogen-bond acceptors (Lipinski definition) is 4. The van der Waals surface area contributed by atoms with E-state index in [2.05, 4.69) is 10.5 Å². The minimum Gasteiger partial charge on any atom is -0.393 e. The third-order valence-electron chi connectivity index (χ3n) is 4.02. The molecule has 1 amide bonds. The summed E-state index contributed by atoms with van der Waals surface area (Å²) in [6.07, 6.45) is 2.44. The van der Waals surface area contributed by atoms with Gasteiger partial charge in [-0.05, 0) is 37.8 Å². The lowest BCUT2D eigenvalue weighted by molar-refractivity contribution is 0.0818. The molecule has 0 aliphatic heterocycles. The first kappa shape index (κ1) is 17.2. The van der Waals surface area contributed by atoms with Crippen LogP contribution in [0.5, 0.6) is 0 Å². The molecule has 1 saturated carbocycles. The maximum absolute atomic E-state index is 13.6. The van der Waals surface area contributed by atoms with Crippen molar-refractivity contribution in [3.05, 3.63) is 39.8 Å². The van der Waals surface area contributed by atoms with E-state index in [0.717, 1.165) is 19.3 Å². The third kappa shape index (κ3) is 3.55. The van der Waals surface area contributed by atoms with Gasteiger partial charge >= 0.3 is 0 Å². The van der Waals surface area contributed by atoms with Crippen molar-refractivity contribution in [3.63, 3.8) is 0 Å². The van der Waals surface area contributed by atoms with E-state index in [1.807, 2.05) is 0 Å². The fraction of sp³-hybridized carbons (Fsp3) is 0.375. The number of aliphatic hydroxyl groups excluding tert-OH is 1. The van der Waals surface area contributed by atoms with Gasteiger partial charge in [-0.25, -0.2) is 4.39 Å². The predicted molar refractivity (Wildman–Crippen MR) is 87.6 cm³/mol. The van der Waals surface area contributed by atoms with E-state index >= 15 is 0 Å². The van der Waals surface area contributed by atoms with Crippen molar-refractivity contribution in [1.82, 2.24) is 10.5 Å². The standard InChI is InChI=1S/C16H15Cl2FN2O3/c17-11-5-4-8(6-12(11)19)14-13(18)15(24-21-14)16(23)20-9-2-1-3-10(22)7-9/h4-6,9-10,22H,1-3,7H2,(H,20,23)/t9-,10?/m1/s1. The Balaban J connectivity index is 1.78. The van der Waals surface area contributed by atoms with Crippen LogP contribution in [0, 0.1) is 5.82 Å². The first-order chi connectivity index (χ1) is 11.5. The van der Waals surface area contributed by atoms with Crippen LogP contribution in [0.15, 0.2) is 22.7 Å². The zero-order valence-corrected chi connectivity index (χ0v) is 14.1. The van der Waals surface area contributed by atoms with E-state index in [1.54, 1.807) is 0 Å². The van der Waals surface area contributed by atoms with Gasteiger partial charge < -0.3 is 14.9 Å². The van der Waals surface area contributed by atoms with Gasteiger partial charge in [-0.1, -0.05) is 34.4 Å². The van der Waals surface area contributed by atoms with Crippen molar-refractivity contribution in [2.75, 3.05) is 0 Å². The first-order valence-corrected chi connectivity index (χ1v) is 8.31. The lowest BCUT2D eigenvalue weighted by Gasteiger charge is -2.26. The SMILES string of the molecule is O=C(N[C@@H]1CCCC(O)C1)c1onc(-c2ccc(Cl)c(F)c2)c1Cl. The Hall–Kier alpha value is -1.63. The molecular weight excluding hydrogens is 358 g/mol. The van der Waals surface area contributed by atoms with Gasteiger partial charge in [-0.2, -0.15) is 0 Å². The molecule has 1 unspecified atom stereocenters. The zero-order chi connectivity index (χ0) is 17.3. The summed E-state index contributed by atoms with van der Waals surface area (Å²) in [6, 6.07) is 3.94. The summed E-state index contributed by atoms with van der Waals surface area (Å²) in [4.78, 5) is 12.3. The average molecular weight is 373 g/mol. The van der Waals surface area contributed by atoms with Gasteiger partial charge in [0.05, 0.1) is 11.1 Å². The Morgan fingerprint density at radius 3 is 2.88 bits per heavy atom. The van der Waals surface area contributed by atoms with Crippen molar-refractivity contribution in [1.29, 1.82) is 0 Å². The van der Waals surface area contributed by atoms with E-state index in [-0.39, 0.29) is 27.5 Å². The quantitative estimate of drug-likeness (QED) is 0.858. The van der Waals surface area contributed by atoms with E-state index in [4.69, 9.17) is 27.7 Å². The normalized spacial score (nSPS) is 20.8. The number of halogens is 3. The van der Waals surface area contributed by atoms with Gasteiger partial charge in [0.2, 0.25) is 5.76 Å². The van der Waals surface area contributed by atoms with Crippen LogP contribution in [0.4, 0.5) is 4.39 Å². The Morgan fingerprint density at radius 2 is 2.17 bits per heavy atom. The molecule has 3 rings (SSSR count). The van der Waals surface area contributed by atoms with Crippen molar-refractivity contribution in [2.24, 2.45) is 0 Å². The first-order valence-electron chi connectivity index (χ1n) is 7.55. The highest BCUT2D eigenvalue weighted by Crippen LogP contribution is 2.32. The van der Waals surface area contributed by atoms with Crippen LogP contribution in [-0.2, 0) is 0 Å².